The van der Waals surface area contributed by atoms with Gasteiger partial charge in [0.25, 0.3) is 0 Å². The molecule has 3 unspecified atom stereocenters. The smallest absolute Gasteiger partial charge is 0.246 e. The molecule has 0 bridgehead atoms. The maximum Gasteiger partial charge on any atom is 0.246 e. The van der Waals surface area contributed by atoms with E-state index in [0.29, 0.717) is 25.7 Å². The molecule has 21 heteroatoms. The van der Waals surface area contributed by atoms with Gasteiger partial charge in [-0.25, -0.2) is 0 Å². The minimum Gasteiger partial charge on any atom is -0.394 e. The van der Waals surface area contributed by atoms with E-state index in [2.05, 4.69) is 36.9 Å². The second-order valence-corrected chi connectivity index (χ2v) is 23.3. The molecular formula is C62H89N9O12. The van der Waals surface area contributed by atoms with Crippen LogP contribution in [0.1, 0.15) is 149 Å². The van der Waals surface area contributed by atoms with Gasteiger partial charge in [0.15, 0.2) is 0 Å². The summed E-state index contributed by atoms with van der Waals surface area (Å²) in [6.45, 7) is 9.95. The van der Waals surface area contributed by atoms with Crippen LogP contribution in [0.4, 0.5) is 0 Å². The number of rotatable bonds is 19. The quantitative estimate of drug-likeness (QED) is 0.0601. The normalized spacial score (nSPS) is 23.7. The van der Waals surface area contributed by atoms with Crippen molar-refractivity contribution < 1.29 is 57.8 Å². The lowest BCUT2D eigenvalue weighted by Gasteiger charge is -2.33. The number of hydrogen-bond donors (Lipinski definition) is 10. The van der Waals surface area contributed by atoms with Crippen molar-refractivity contribution in [2.24, 2.45) is 34.6 Å². The number of primary amides is 2. The Bertz CT molecular complexity index is 2780. The van der Waals surface area contributed by atoms with Gasteiger partial charge in [0.2, 0.25) is 52.9 Å². The third-order valence-electron chi connectivity index (χ3n) is 15.4. The molecule has 12 N–H and O–H groups in total. The minimum absolute atomic E-state index is 0.0209. The second-order valence-electron chi connectivity index (χ2n) is 23.3. The van der Waals surface area contributed by atoms with Gasteiger partial charge in [-0.2, -0.15) is 0 Å². The third kappa shape index (κ3) is 21.7. The van der Waals surface area contributed by atoms with E-state index in [4.69, 9.17) is 11.5 Å². The van der Waals surface area contributed by atoms with Crippen LogP contribution in [-0.2, 0) is 65.6 Å². The number of carbonyl (C=O) groups excluding carboxylic acids is 11. The molecule has 21 nitrogen and oxygen atoms in total. The maximum atomic E-state index is 14.6. The van der Waals surface area contributed by atoms with Crippen LogP contribution in [-0.4, -0.2) is 123 Å². The van der Waals surface area contributed by atoms with Crippen LogP contribution in [0.3, 0.4) is 0 Å². The Labute approximate surface area is 487 Å². The number of aromatic amines is 1. The molecule has 7 amide bonds. The fourth-order valence-corrected chi connectivity index (χ4v) is 10.5. The number of para-hydroxylation sites is 1. The van der Waals surface area contributed by atoms with Crippen molar-refractivity contribution in [3.8, 4) is 0 Å². The van der Waals surface area contributed by atoms with Crippen molar-refractivity contribution in [3.05, 3.63) is 84.1 Å². The third-order valence-corrected chi connectivity index (χ3v) is 15.4. The van der Waals surface area contributed by atoms with Crippen molar-refractivity contribution in [3.63, 3.8) is 0 Å². The highest BCUT2D eigenvalue weighted by molar-refractivity contribution is 6.41. The Hall–Kier alpha value is -7.39. The first-order valence-electron chi connectivity index (χ1n) is 29.1. The maximum absolute atomic E-state index is 14.6. The van der Waals surface area contributed by atoms with E-state index >= 15 is 0 Å². The molecule has 0 aliphatic carbocycles. The predicted molar refractivity (Wildman–Crippen MR) is 314 cm³/mol. The van der Waals surface area contributed by atoms with E-state index in [1.807, 2.05) is 50.3 Å². The first kappa shape index (κ1) is 68.1. The number of ketones is 4. The summed E-state index contributed by atoms with van der Waals surface area (Å²) in [4.78, 5) is 154. The van der Waals surface area contributed by atoms with Gasteiger partial charge in [0, 0.05) is 60.7 Å². The van der Waals surface area contributed by atoms with Crippen molar-refractivity contribution in [1.29, 1.82) is 0 Å². The first-order valence-corrected chi connectivity index (χ1v) is 29.1. The molecule has 83 heavy (non-hydrogen) atoms. The zero-order valence-corrected chi connectivity index (χ0v) is 49.4. The van der Waals surface area contributed by atoms with Crippen molar-refractivity contribution in [2.45, 2.75) is 187 Å². The summed E-state index contributed by atoms with van der Waals surface area (Å²) >= 11 is 0. The van der Waals surface area contributed by atoms with Gasteiger partial charge >= 0.3 is 0 Å². The number of H-pyrrole nitrogens is 1. The van der Waals surface area contributed by atoms with Crippen LogP contribution in [0.25, 0.3) is 10.9 Å². The molecular weight excluding hydrogens is 1060 g/mol. The molecule has 9 atom stereocenters. The molecule has 454 valence electrons. The highest BCUT2D eigenvalue weighted by atomic mass is 16.3. The number of nitrogens with one attached hydrogen (secondary N) is 7. The number of Topliss-reactive ketones (excluding diaryl/α,β-unsaturated/α-hetero) is 4. The Morgan fingerprint density at radius 1 is 0.759 bits per heavy atom. The number of amides is 7. The summed E-state index contributed by atoms with van der Waals surface area (Å²) in [5.41, 5.74) is 10.6. The van der Waals surface area contributed by atoms with E-state index in [-0.39, 0.29) is 75.4 Å². The molecule has 1 aliphatic rings. The van der Waals surface area contributed by atoms with Crippen LogP contribution >= 0.6 is 0 Å². The summed E-state index contributed by atoms with van der Waals surface area (Å²) < 4.78 is 0. The lowest BCUT2D eigenvalue weighted by atomic mass is 9.73. The Kier molecular flexibility index (Phi) is 27.1. The van der Waals surface area contributed by atoms with E-state index < -0.39 is 113 Å². The highest BCUT2D eigenvalue weighted by Gasteiger charge is 2.41. The molecule has 0 radical (unpaired) electrons. The average Bonchev–Trinajstić information content (AvgIpc) is 4.15. The number of allylic oxidation sites excluding steroid dienone is 2. The van der Waals surface area contributed by atoms with Crippen LogP contribution in [0.2, 0.25) is 0 Å². The molecule has 0 spiro atoms. The number of fused-ring (bicyclic) bond motifs is 1. The summed E-state index contributed by atoms with van der Waals surface area (Å²) in [6.07, 6.45) is 10.4. The van der Waals surface area contributed by atoms with Gasteiger partial charge in [0.05, 0.1) is 24.6 Å². The van der Waals surface area contributed by atoms with E-state index in [1.165, 1.54) is 27.7 Å². The SMILES string of the molecule is CC(=O)C[C@]1(C)CCCCCCC=CCCC[C@@](C)(C(=O)NC(CO)C(=O)N[C@@H](C)C(=O)NC(Cc2ccccc2)C(N)=O)NC(=O)[C@H](CC(C)C)CN[C@@H](CCC(N)=O)C(=O)C(=O)C(C)NC(=O)[C@H](Cc2c[nH]c3ccccc23)CC1=O. The lowest BCUT2D eigenvalue weighted by Crippen LogP contribution is -2.63. The summed E-state index contributed by atoms with van der Waals surface area (Å²) in [7, 11) is 0. The summed E-state index contributed by atoms with van der Waals surface area (Å²) in [5.74, 6) is -9.94. The first-order chi connectivity index (χ1) is 39.3. The summed E-state index contributed by atoms with van der Waals surface area (Å²) in [5, 5.41) is 27.4. The zero-order chi connectivity index (χ0) is 61.4. The molecule has 0 saturated heterocycles. The highest BCUT2D eigenvalue weighted by Crippen LogP contribution is 2.34. The van der Waals surface area contributed by atoms with E-state index in [1.54, 1.807) is 43.5 Å². The number of aliphatic hydroxyl groups excluding tert-OH is 1. The molecule has 1 aliphatic heterocycles. The Balaban J connectivity index is 1.63. The van der Waals surface area contributed by atoms with Gasteiger partial charge in [-0.1, -0.05) is 101 Å². The van der Waals surface area contributed by atoms with Gasteiger partial charge in [0.1, 0.15) is 35.2 Å². The fourth-order valence-electron chi connectivity index (χ4n) is 10.5. The largest absolute Gasteiger partial charge is 0.394 e. The van der Waals surface area contributed by atoms with Crippen LogP contribution in [0, 0.1) is 23.2 Å². The molecule has 0 fully saturated rings. The number of aliphatic hydroxyl groups is 1. The number of carbonyl (C=O) groups is 11. The Morgan fingerprint density at radius 3 is 2.07 bits per heavy atom. The van der Waals surface area contributed by atoms with Crippen molar-refractivity contribution in [1.82, 2.24) is 36.9 Å². The molecule has 0 saturated carbocycles. The predicted octanol–water partition coefficient (Wildman–Crippen LogP) is 3.95. The van der Waals surface area contributed by atoms with Gasteiger partial charge in [-0.3, -0.25) is 52.7 Å². The van der Waals surface area contributed by atoms with Crippen LogP contribution in [0.5, 0.6) is 0 Å². The molecule has 1 aromatic heterocycles. The number of aromatic nitrogens is 1. The topological polar surface area (TPSA) is 348 Å². The molecule has 4 rings (SSSR count). The van der Waals surface area contributed by atoms with Crippen LogP contribution in [0.15, 0.2) is 72.9 Å². The van der Waals surface area contributed by atoms with E-state index in [0.717, 1.165) is 47.7 Å². The molecule has 2 heterocycles. The number of nitrogens with two attached hydrogens (primary N) is 2. The second kappa shape index (κ2) is 33.0. The average molecular weight is 1150 g/mol. The zero-order valence-electron chi connectivity index (χ0n) is 49.4. The summed E-state index contributed by atoms with van der Waals surface area (Å²) in [6, 6.07) is 9.57. The standard InChI is InChI=1S/C62H89N9O12/c1-38(2)30-45-36-66-48(26-27-52(63)75)54(77)53(76)40(4)67-57(80)43(32-44-35-65-47-25-19-18-24-46(44)47)33-51(74)61(6,34-39(3)73)28-20-13-11-9-8-10-12-14-21-29-62(7,71-58(45)81)60(83)70-50(37-72)59(82)68-41(5)56(79)69-49(55(64)78)31-42-22-16-15-17-23-42/h10,12,15-19,22-25,35,38,40-41,43,45,48-50,65-66,72H,8-9,11,13-14,20-21,26-34,36-37H2,1-7H3,(H2,63,75)(H2,64,78)(H,67,80)(H,68,82)(H,69,79)(H,70,83)(H,71,81)/t40?,41-,43+,45+,48-,49?,50?,61-,62-/m0/s1. The number of hydrogen-bond acceptors (Lipinski definition) is 13. The van der Waals surface area contributed by atoms with Crippen molar-refractivity contribution in [2.75, 3.05) is 13.2 Å². The number of benzene rings is 2. The van der Waals surface area contributed by atoms with E-state index in [9.17, 15) is 57.8 Å². The fraction of sp³-hybridized carbons (Fsp3) is 0.565. The van der Waals surface area contributed by atoms with Gasteiger partial charge in [-0.15, -0.1) is 0 Å². The minimum atomic E-state index is -1.72. The Morgan fingerprint density at radius 2 is 1.42 bits per heavy atom. The lowest BCUT2D eigenvalue weighted by molar-refractivity contribution is -0.141. The van der Waals surface area contributed by atoms with Gasteiger partial charge in [-0.05, 0) is 109 Å². The molecule has 2 aromatic carbocycles. The molecule has 3 aromatic rings. The van der Waals surface area contributed by atoms with Gasteiger partial charge < -0.3 is 53.5 Å². The van der Waals surface area contributed by atoms with Crippen molar-refractivity contribution >= 4 is 75.4 Å². The monoisotopic (exact) mass is 1150 g/mol. The van der Waals surface area contributed by atoms with Crippen LogP contribution < -0.4 is 43.4 Å².